The number of ketones is 1. The fourth-order valence-corrected chi connectivity index (χ4v) is 1.67. The van der Waals surface area contributed by atoms with Gasteiger partial charge in [0.2, 0.25) is 0 Å². The number of ether oxygens (including phenoxy) is 1. The van der Waals surface area contributed by atoms with Gasteiger partial charge in [0.05, 0.1) is 13.2 Å². The Labute approximate surface area is 120 Å². The minimum Gasteiger partial charge on any atom is -0.507 e. The lowest BCUT2D eigenvalue weighted by Crippen LogP contribution is -2.34. The SMILES string of the molecule is CC.CN[C@@H](Cc1ccc(O)c(C(=O)OC)c1)C(C)=O. The number of hydrogen-bond acceptors (Lipinski definition) is 5. The van der Waals surface area contributed by atoms with Crippen molar-refractivity contribution in [1.82, 2.24) is 5.32 Å². The lowest BCUT2D eigenvalue weighted by atomic mass is 10.0. The van der Waals surface area contributed by atoms with Crippen molar-refractivity contribution in [2.75, 3.05) is 14.2 Å². The van der Waals surface area contributed by atoms with Crippen LogP contribution in [0.2, 0.25) is 0 Å². The molecule has 0 unspecified atom stereocenters. The Balaban J connectivity index is 0.00000172. The molecule has 0 aliphatic carbocycles. The highest BCUT2D eigenvalue weighted by molar-refractivity contribution is 5.92. The molecule has 0 spiro atoms. The first-order valence-corrected chi connectivity index (χ1v) is 6.57. The average molecular weight is 281 g/mol. The van der Waals surface area contributed by atoms with Gasteiger partial charge in [-0.2, -0.15) is 0 Å². The van der Waals surface area contributed by atoms with Crippen molar-refractivity contribution in [3.63, 3.8) is 0 Å². The van der Waals surface area contributed by atoms with Gasteiger partial charge in [-0.3, -0.25) is 4.79 Å². The Morgan fingerprint density at radius 1 is 1.35 bits per heavy atom. The fourth-order valence-electron chi connectivity index (χ4n) is 1.67. The smallest absolute Gasteiger partial charge is 0.341 e. The molecule has 1 atom stereocenters. The van der Waals surface area contributed by atoms with E-state index >= 15 is 0 Å². The van der Waals surface area contributed by atoms with Crippen molar-refractivity contribution in [2.24, 2.45) is 0 Å². The zero-order valence-electron chi connectivity index (χ0n) is 12.7. The van der Waals surface area contributed by atoms with E-state index in [0.717, 1.165) is 5.56 Å². The quantitative estimate of drug-likeness (QED) is 0.806. The van der Waals surface area contributed by atoms with Gasteiger partial charge in [-0.1, -0.05) is 19.9 Å². The Morgan fingerprint density at radius 2 is 1.95 bits per heavy atom. The lowest BCUT2D eigenvalue weighted by molar-refractivity contribution is -0.118. The number of esters is 1. The summed E-state index contributed by atoms with van der Waals surface area (Å²) in [7, 11) is 2.95. The van der Waals surface area contributed by atoms with Crippen LogP contribution in [-0.4, -0.2) is 37.1 Å². The maximum Gasteiger partial charge on any atom is 0.341 e. The molecule has 0 radical (unpaired) electrons. The molecule has 1 aromatic carbocycles. The molecule has 5 heteroatoms. The van der Waals surface area contributed by atoms with Gasteiger partial charge in [0.1, 0.15) is 17.1 Å². The van der Waals surface area contributed by atoms with E-state index in [4.69, 9.17) is 0 Å². The Morgan fingerprint density at radius 3 is 2.40 bits per heavy atom. The summed E-state index contributed by atoms with van der Waals surface area (Å²) in [6.45, 7) is 5.50. The number of aromatic hydroxyl groups is 1. The number of phenolic OH excluding ortho intramolecular Hbond substituents is 1. The zero-order chi connectivity index (χ0) is 15.7. The molecule has 2 N–H and O–H groups in total. The molecule has 20 heavy (non-hydrogen) atoms. The largest absolute Gasteiger partial charge is 0.507 e. The normalized spacial score (nSPS) is 11.1. The standard InChI is InChI=1S/C13H17NO4.C2H6/c1-8(15)11(14-2)7-9-4-5-12(16)10(6-9)13(17)18-3;1-2/h4-6,11,14,16H,7H2,1-3H3;1-2H3/t11-;/m0./s1. The summed E-state index contributed by atoms with van der Waals surface area (Å²) < 4.78 is 4.57. The maximum atomic E-state index is 11.4. The molecule has 0 heterocycles. The summed E-state index contributed by atoms with van der Waals surface area (Å²) in [4.78, 5) is 22.7. The summed E-state index contributed by atoms with van der Waals surface area (Å²) >= 11 is 0. The summed E-state index contributed by atoms with van der Waals surface area (Å²) in [6.07, 6.45) is 0.454. The van der Waals surface area contributed by atoms with Crippen LogP contribution in [0.25, 0.3) is 0 Å². The molecule has 0 fully saturated rings. The number of methoxy groups -OCH3 is 1. The van der Waals surface area contributed by atoms with Crippen LogP contribution in [0.1, 0.15) is 36.7 Å². The van der Waals surface area contributed by atoms with Gasteiger partial charge >= 0.3 is 5.97 Å². The molecule has 0 aromatic heterocycles. The minimum absolute atomic E-state index is 0.0187. The van der Waals surface area contributed by atoms with Crippen LogP contribution in [0, 0.1) is 0 Å². The predicted octanol–water partition coefficient (Wildman–Crippen LogP) is 1.92. The highest BCUT2D eigenvalue weighted by Crippen LogP contribution is 2.20. The third-order valence-electron chi connectivity index (χ3n) is 2.75. The second kappa shape index (κ2) is 9.09. The van der Waals surface area contributed by atoms with Crippen molar-refractivity contribution in [2.45, 2.75) is 33.2 Å². The Bertz CT molecular complexity index is 457. The first-order valence-electron chi connectivity index (χ1n) is 6.57. The van der Waals surface area contributed by atoms with Gasteiger partial charge in [0.25, 0.3) is 0 Å². The number of carbonyl (C=O) groups is 2. The average Bonchev–Trinajstić information content (AvgIpc) is 2.47. The predicted molar refractivity (Wildman–Crippen MR) is 78.0 cm³/mol. The van der Waals surface area contributed by atoms with Gasteiger partial charge in [-0.15, -0.1) is 0 Å². The number of Topliss-reactive ketones (excluding diaryl/α,β-unsaturated/α-hetero) is 1. The maximum absolute atomic E-state index is 11.4. The number of phenols is 1. The Hall–Kier alpha value is -1.88. The second-order valence-corrected chi connectivity index (χ2v) is 4.00. The van der Waals surface area contributed by atoms with E-state index in [0.29, 0.717) is 6.42 Å². The van der Waals surface area contributed by atoms with Gasteiger partial charge < -0.3 is 15.2 Å². The fraction of sp³-hybridized carbons (Fsp3) is 0.467. The van der Waals surface area contributed by atoms with Gasteiger partial charge in [0.15, 0.2) is 0 Å². The molecule has 0 bridgehead atoms. The zero-order valence-corrected chi connectivity index (χ0v) is 12.7. The van der Waals surface area contributed by atoms with E-state index in [2.05, 4.69) is 10.1 Å². The van der Waals surface area contributed by atoms with Crippen molar-refractivity contribution >= 4 is 11.8 Å². The summed E-state index contributed by atoms with van der Waals surface area (Å²) in [5.74, 6) is -0.710. The summed E-state index contributed by atoms with van der Waals surface area (Å²) in [5, 5.41) is 12.5. The van der Waals surface area contributed by atoms with Crippen molar-refractivity contribution in [3.05, 3.63) is 29.3 Å². The number of carbonyl (C=O) groups excluding carboxylic acids is 2. The van der Waals surface area contributed by atoms with Gasteiger partial charge in [-0.25, -0.2) is 4.79 Å². The van der Waals surface area contributed by atoms with Crippen LogP contribution < -0.4 is 5.32 Å². The number of rotatable bonds is 5. The van der Waals surface area contributed by atoms with Crippen LogP contribution in [0.4, 0.5) is 0 Å². The molecule has 0 amide bonds. The second-order valence-electron chi connectivity index (χ2n) is 4.00. The first kappa shape index (κ1) is 18.1. The van der Waals surface area contributed by atoms with Crippen LogP contribution in [-0.2, 0) is 16.0 Å². The van der Waals surface area contributed by atoms with E-state index < -0.39 is 5.97 Å². The summed E-state index contributed by atoms with van der Waals surface area (Å²) in [6, 6.07) is 4.33. The molecule has 0 aliphatic heterocycles. The molecule has 0 aliphatic rings. The molecular weight excluding hydrogens is 258 g/mol. The molecular formula is C15H23NO4. The third-order valence-corrected chi connectivity index (χ3v) is 2.75. The van der Waals surface area contributed by atoms with E-state index in [1.165, 1.54) is 26.2 Å². The molecule has 0 saturated carbocycles. The van der Waals surface area contributed by atoms with Crippen molar-refractivity contribution in [3.8, 4) is 5.75 Å². The minimum atomic E-state index is -0.599. The van der Waals surface area contributed by atoms with Crippen LogP contribution in [0.5, 0.6) is 5.75 Å². The van der Waals surface area contributed by atoms with Gasteiger partial charge in [0, 0.05) is 0 Å². The number of nitrogens with one attached hydrogen (secondary N) is 1. The van der Waals surface area contributed by atoms with Crippen LogP contribution >= 0.6 is 0 Å². The van der Waals surface area contributed by atoms with E-state index in [1.54, 1.807) is 13.1 Å². The molecule has 5 nitrogen and oxygen atoms in total. The molecule has 1 aromatic rings. The van der Waals surface area contributed by atoms with E-state index in [1.807, 2.05) is 13.8 Å². The Kier molecular flexibility index (Phi) is 8.24. The van der Waals surface area contributed by atoms with Crippen molar-refractivity contribution < 1.29 is 19.4 Å². The molecule has 112 valence electrons. The third kappa shape index (κ3) is 5.01. The molecule has 0 saturated heterocycles. The van der Waals surface area contributed by atoms with E-state index in [9.17, 15) is 14.7 Å². The van der Waals surface area contributed by atoms with Crippen LogP contribution in [0.3, 0.4) is 0 Å². The monoisotopic (exact) mass is 281 g/mol. The summed E-state index contributed by atoms with van der Waals surface area (Å²) in [5.41, 5.74) is 0.885. The number of hydrogen-bond donors (Lipinski definition) is 2. The topological polar surface area (TPSA) is 75.6 Å². The van der Waals surface area contributed by atoms with Crippen molar-refractivity contribution in [1.29, 1.82) is 0 Å². The highest BCUT2D eigenvalue weighted by Gasteiger charge is 2.16. The van der Waals surface area contributed by atoms with Gasteiger partial charge in [-0.05, 0) is 38.1 Å². The van der Waals surface area contributed by atoms with E-state index in [-0.39, 0.29) is 23.1 Å². The lowest BCUT2D eigenvalue weighted by Gasteiger charge is -2.13. The molecule has 1 rings (SSSR count). The number of benzene rings is 1. The van der Waals surface area contributed by atoms with Crippen LogP contribution in [0.15, 0.2) is 18.2 Å². The number of likely N-dealkylation sites (N-methyl/N-ethyl adjacent to an activating group) is 1. The highest BCUT2D eigenvalue weighted by atomic mass is 16.5. The first-order chi connectivity index (χ1) is 9.49.